The molecule has 23 heavy (non-hydrogen) atoms. The summed E-state index contributed by atoms with van der Waals surface area (Å²) in [6.07, 6.45) is -3.92. The van der Waals surface area contributed by atoms with E-state index in [9.17, 15) is 26.0 Å². The minimum absolute atomic E-state index is 0. The summed E-state index contributed by atoms with van der Waals surface area (Å²) in [5, 5.41) is 3.05. The third-order valence-electron chi connectivity index (χ3n) is 3.73. The number of hydrogen-bond acceptors (Lipinski definition) is 3. The SMILES string of the molecule is CN(C1CCNCC1)S(=O)(=O)c1ccc(F)cc1C(F)(F)F.Cl. The molecule has 1 saturated heterocycles. The lowest BCUT2D eigenvalue weighted by atomic mass is 10.1. The predicted molar refractivity (Wildman–Crippen MR) is 79.5 cm³/mol. The smallest absolute Gasteiger partial charge is 0.317 e. The van der Waals surface area contributed by atoms with Crippen molar-refractivity contribution in [2.75, 3.05) is 20.1 Å². The molecule has 132 valence electrons. The molecule has 4 nitrogen and oxygen atoms in total. The Hall–Kier alpha value is -0.900. The molecule has 0 radical (unpaired) electrons. The normalized spacial score (nSPS) is 17.1. The van der Waals surface area contributed by atoms with Crippen LogP contribution in [0.3, 0.4) is 0 Å². The number of benzene rings is 1. The van der Waals surface area contributed by atoms with Gasteiger partial charge in [-0.25, -0.2) is 12.8 Å². The lowest BCUT2D eigenvalue weighted by molar-refractivity contribution is -0.140. The first-order chi connectivity index (χ1) is 10.1. The molecule has 0 atom stereocenters. The lowest BCUT2D eigenvalue weighted by Crippen LogP contribution is -2.44. The monoisotopic (exact) mass is 376 g/mol. The summed E-state index contributed by atoms with van der Waals surface area (Å²) < 4.78 is 78.1. The fourth-order valence-corrected chi connectivity index (χ4v) is 4.08. The second kappa shape index (κ2) is 7.33. The average Bonchev–Trinajstić information content (AvgIpc) is 2.46. The number of rotatable bonds is 3. The van der Waals surface area contributed by atoms with E-state index in [-0.39, 0.29) is 24.5 Å². The fraction of sp³-hybridized carbons (Fsp3) is 0.538. The van der Waals surface area contributed by atoms with Crippen LogP contribution in [0, 0.1) is 5.82 Å². The summed E-state index contributed by atoms with van der Waals surface area (Å²) in [4.78, 5) is -0.914. The van der Waals surface area contributed by atoms with Gasteiger partial charge in [0, 0.05) is 13.1 Å². The van der Waals surface area contributed by atoms with Crippen LogP contribution in [-0.2, 0) is 16.2 Å². The number of sulfonamides is 1. The average molecular weight is 377 g/mol. The van der Waals surface area contributed by atoms with E-state index in [1.54, 1.807) is 0 Å². The molecule has 1 heterocycles. The third-order valence-corrected chi connectivity index (χ3v) is 5.70. The second-order valence-corrected chi connectivity index (χ2v) is 7.11. The van der Waals surface area contributed by atoms with Gasteiger partial charge in [-0.15, -0.1) is 12.4 Å². The highest BCUT2D eigenvalue weighted by Crippen LogP contribution is 2.36. The Morgan fingerprint density at radius 2 is 1.78 bits per heavy atom. The van der Waals surface area contributed by atoms with E-state index >= 15 is 0 Å². The molecular weight excluding hydrogens is 360 g/mol. The molecular formula is C13H17ClF4N2O2S. The van der Waals surface area contributed by atoms with E-state index < -0.39 is 32.5 Å². The molecule has 0 aromatic heterocycles. The molecule has 1 fully saturated rings. The summed E-state index contributed by atoms with van der Waals surface area (Å²) in [6.45, 7) is 1.19. The van der Waals surface area contributed by atoms with Crippen molar-refractivity contribution in [3.8, 4) is 0 Å². The minimum Gasteiger partial charge on any atom is -0.317 e. The molecule has 10 heteroatoms. The highest BCUT2D eigenvalue weighted by molar-refractivity contribution is 7.89. The van der Waals surface area contributed by atoms with Crippen molar-refractivity contribution in [1.29, 1.82) is 0 Å². The van der Waals surface area contributed by atoms with Gasteiger partial charge in [0.25, 0.3) is 0 Å². The summed E-state index contributed by atoms with van der Waals surface area (Å²) in [7, 11) is -3.09. The van der Waals surface area contributed by atoms with Crippen molar-refractivity contribution in [1.82, 2.24) is 9.62 Å². The molecule has 0 bridgehead atoms. The Labute approximate surface area is 138 Å². The molecule has 1 aromatic rings. The molecule has 1 aliphatic heterocycles. The van der Waals surface area contributed by atoms with Crippen LogP contribution in [0.1, 0.15) is 18.4 Å². The first-order valence-corrected chi connectivity index (χ1v) is 8.13. The van der Waals surface area contributed by atoms with E-state index in [1.807, 2.05) is 0 Å². The summed E-state index contributed by atoms with van der Waals surface area (Å²) >= 11 is 0. The molecule has 1 aliphatic rings. The standard InChI is InChI=1S/C13H16F4N2O2S.ClH/c1-19(10-4-6-18-7-5-10)22(20,21)12-3-2-9(14)8-11(12)13(15,16)17;/h2-3,8,10,18H,4-7H2,1H3;1H. The number of halogens is 5. The van der Waals surface area contributed by atoms with Gasteiger partial charge in [-0.3, -0.25) is 0 Å². The third kappa shape index (κ3) is 4.34. The van der Waals surface area contributed by atoms with Crippen LogP contribution in [-0.4, -0.2) is 38.9 Å². The largest absolute Gasteiger partial charge is 0.417 e. The molecule has 0 amide bonds. The van der Waals surface area contributed by atoms with Gasteiger partial charge in [0.1, 0.15) is 5.82 Å². The highest BCUT2D eigenvalue weighted by atomic mass is 35.5. The lowest BCUT2D eigenvalue weighted by Gasteiger charge is -2.31. The van der Waals surface area contributed by atoms with Crippen molar-refractivity contribution < 1.29 is 26.0 Å². The molecule has 2 rings (SSSR count). The molecule has 0 aliphatic carbocycles. The molecule has 0 saturated carbocycles. The number of alkyl halides is 3. The van der Waals surface area contributed by atoms with Gasteiger partial charge >= 0.3 is 6.18 Å². The van der Waals surface area contributed by atoms with Crippen LogP contribution in [0.2, 0.25) is 0 Å². The van der Waals surface area contributed by atoms with Crippen LogP contribution in [0.5, 0.6) is 0 Å². The Bertz CT molecular complexity index is 646. The Balaban J connectivity index is 0.00000264. The molecule has 0 unspecified atom stereocenters. The van der Waals surface area contributed by atoms with E-state index in [0.717, 1.165) is 10.4 Å². The number of nitrogens with one attached hydrogen (secondary N) is 1. The van der Waals surface area contributed by atoms with Gasteiger partial charge in [-0.2, -0.15) is 17.5 Å². The van der Waals surface area contributed by atoms with Gasteiger partial charge in [0.2, 0.25) is 10.0 Å². The van der Waals surface area contributed by atoms with Gasteiger partial charge in [0.05, 0.1) is 10.5 Å². The summed E-state index contributed by atoms with van der Waals surface area (Å²) in [6, 6.07) is 1.23. The summed E-state index contributed by atoms with van der Waals surface area (Å²) in [5.41, 5.74) is -1.48. The fourth-order valence-electron chi connectivity index (χ4n) is 2.47. The maximum absolute atomic E-state index is 13.1. The number of hydrogen-bond donors (Lipinski definition) is 1. The zero-order valence-corrected chi connectivity index (χ0v) is 13.9. The Morgan fingerprint density at radius 1 is 1.22 bits per heavy atom. The first kappa shape index (κ1) is 20.1. The van der Waals surface area contributed by atoms with E-state index in [1.165, 1.54) is 7.05 Å². The van der Waals surface area contributed by atoms with Crippen molar-refractivity contribution in [3.63, 3.8) is 0 Å². The number of piperidine rings is 1. The number of nitrogens with zero attached hydrogens (tertiary/aromatic N) is 1. The van der Waals surface area contributed by atoms with Crippen LogP contribution in [0.15, 0.2) is 23.1 Å². The van der Waals surface area contributed by atoms with Crippen molar-refractivity contribution in [3.05, 3.63) is 29.6 Å². The van der Waals surface area contributed by atoms with Gasteiger partial charge in [-0.1, -0.05) is 0 Å². The van der Waals surface area contributed by atoms with E-state index in [2.05, 4.69) is 5.32 Å². The molecule has 1 N–H and O–H groups in total. The van der Waals surface area contributed by atoms with Crippen LogP contribution in [0.25, 0.3) is 0 Å². The second-order valence-electron chi connectivity index (χ2n) is 5.14. The van der Waals surface area contributed by atoms with Crippen LogP contribution in [0.4, 0.5) is 17.6 Å². The summed E-state index contributed by atoms with van der Waals surface area (Å²) in [5.74, 6) is -1.13. The first-order valence-electron chi connectivity index (χ1n) is 6.69. The van der Waals surface area contributed by atoms with Gasteiger partial charge in [-0.05, 0) is 44.1 Å². The predicted octanol–water partition coefficient (Wildman–Crippen LogP) is 2.64. The Morgan fingerprint density at radius 3 is 2.30 bits per heavy atom. The topological polar surface area (TPSA) is 49.4 Å². The Kier molecular flexibility index (Phi) is 6.42. The molecule has 1 aromatic carbocycles. The van der Waals surface area contributed by atoms with Crippen molar-refractivity contribution in [2.45, 2.75) is 30.0 Å². The zero-order valence-electron chi connectivity index (χ0n) is 12.2. The van der Waals surface area contributed by atoms with Crippen molar-refractivity contribution in [2.24, 2.45) is 0 Å². The zero-order chi connectivity index (χ0) is 16.5. The van der Waals surface area contributed by atoms with Gasteiger partial charge in [0.15, 0.2) is 0 Å². The quantitative estimate of drug-likeness (QED) is 0.825. The molecule has 0 spiro atoms. The van der Waals surface area contributed by atoms with Crippen LogP contribution >= 0.6 is 12.4 Å². The van der Waals surface area contributed by atoms with Gasteiger partial charge < -0.3 is 5.32 Å². The minimum atomic E-state index is -4.94. The van der Waals surface area contributed by atoms with Crippen molar-refractivity contribution >= 4 is 22.4 Å². The van der Waals surface area contributed by atoms with Crippen LogP contribution < -0.4 is 5.32 Å². The maximum Gasteiger partial charge on any atom is 0.417 e. The van der Waals surface area contributed by atoms with E-state index in [4.69, 9.17) is 0 Å². The highest BCUT2D eigenvalue weighted by Gasteiger charge is 2.40. The van der Waals surface area contributed by atoms with E-state index in [0.29, 0.717) is 32.0 Å². The maximum atomic E-state index is 13.1.